The van der Waals surface area contributed by atoms with E-state index in [4.69, 9.17) is 9.47 Å². The van der Waals surface area contributed by atoms with E-state index in [1.165, 1.54) is 29.5 Å². The van der Waals surface area contributed by atoms with Crippen LogP contribution in [-0.4, -0.2) is 32.7 Å². The fraction of sp³-hybridized carbons (Fsp3) is 0.409. The SMILES string of the molecule is COc1cc2c(cc1OC)[C@@H]([C@H](C)NC(C)=O)[NH+](Cc1ccc(F)cc1)CC2. The Morgan fingerprint density at radius 1 is 1.21 bits per heavy atom. The highest BCUT2D eigenvalue weighted by molar-refractivity contribution is 5.73. The molecule has 1 amide bonds. The number of hydrogen-bond donors (Lipinski definition) is 2. The van der Waals surface area contributed by atoms with Crippen LogP contribution in [0.4, 0.5) is 4.39 Å². The van der Waals surface area contributed by atoms with Gasteiger partial charge in [0.25, 0.3) is 0 Å². The summed E-state index contributed by atoms with van der Waals surface area (Å²) in [5, 5.41) is 3.05. The molecule has 0 fully saturated rings. The van der Waals surface area contributed by atoms with Crippen LogP contribution in [0.15, 0.2) is 36.4 Å². The molecule has 150 valence electrons. The van der Waals surface area contributed by atoms with Crippen molar-refractivity contribution in [3.8, 4) is 11.5 Å². The van der Waals surface area contributed by atoms with Crippen LogP contribution in [-0.2, 0) is 17.8 Å². The molecule has 3 atom stereocenters. The number of carbonyl (C=O) groups excluding carboxylic acids is 1. The molecule has 2 N–H and O–H groups in total. The van der Waals surface area contributed by atoms with Crippen LogP contribution >= 0.6 is 0 Å². The second-order valence-electron chi connectivity index (χ2n) is 7.33. The van der Waals surface area contributed by atoms with Crippen molar-refractivity contribution in [2.45, 2.75) is 38.9 Å². The van der Waals surface area contributed by atoms with Gasteiger partial charge in [0.1, 0.15) is 18.4 Å². The van der Waals surface area contributed by atoms with Crippen LogP contribution in [0.3, 0.4) is 0 Å². The van der Waals surface area contributed by atoms with Crippen LogP contribution < -0.4 is 19.7 Å². The van der Waals surface area contributed by atoms with Crippen molar-refractivity contribution in [3.63, 3.8) is 0 Å². The maximum Gasteiger partial charge on any atom is 0.217 e. The highest BCUT2D eigenvalue weighted by atomic mass is 19.1. The van der Waals surface area contributed by atoms with Gasteiger partial charge in [-0.05, 0) is 36.8 Å². The molecule has 6 heteroatoms. The molecule has 2 aromatic rings. The van der Waals surface area contributed by atoms with E-state index < -0.39 is 0 Å². The number of rotatable bonds is 6. The molecular formula is C22H28FN2O3+. The lowest BCUT2D eigenvalue weighted by Gasteiger charge is -2.38. The second-order valence-corrected chi connectivity index (χ2v) is 7.33. The number of ether oxygens (including phenoxy) is 2. The summed E-state index contributed by atoms with van der Waals surface area (Å²) in [5.74, 6) is 1.11. The molecule has 0 aromatic heterocycles. The molecule has 2 aromatic carbocycles. The van der Waals surface area contributed by atoms with Crippen LogP contribution in [0.2, 0.25) is 0 Å². The number of nitrogens with one attached hydrogen (secondary N) is 2. The van der Waals surface area contributed by atoms with E-state index in [1.54, 1.807) is 14.2 Å². The van der Waals surface area contributed by atoms with E-state index in [-0.39, 0.29) is 23.8 Å². The zero-order chi connectivity index (χ0) is 20.3. The average molecular weight is 387 g/mol. The van der Waals surface area contributed by atoms with E-state index in [0.29, 0.717) is 11.5 Å². The van der Waals surface area contributed by atoms with E-state index in [1.807, 2.05) is 31.2 Å². The molecule has 0 bridgehead atoms. The van der Waals surface area contributed by atoms with E-state index in [9.17, 15) is 9.18 Å². The van der Waals surface area contributed by atoms with Gasteiger partial charge in [-0.3, -0.25) is 4.79 Å². The van der Waals surface area contributed by atoms with Crippen LogP contribution in [0.1, 0.15) is 36.6 Å². The molecular weight excluding hydrogens is 359 g/mol. The maximum atomic E-state index is 13.3. The quantitative estimate of drug-likeness (QED) is 0.798. The molecule has 1 unspecified atom stereocenters. The lowest BCUT2D eigenvalue weighted by molar-refractivity contribution is -0.948. The number of methoxy groups -OCH3 is 2. The van der Waals surface area contributed by atoms with Crippen molar-refractivity contribution in [1.82, 2.24) is 5.32 Å². The minimum Gasteiger partial charge on any atom is -0.493 e. The van der Waals surface area contributed by atoms with Crippen molar-refractivity contribution < 1.29 is 23.6 Å². The molecule has 28 heavy (non-hydrogen) atoms. The Bertz CT molecular complexity index is 838. The summed E-state index contributed by atoms with van der Waals surface area (Å²) in [6.45, 7) is 5.23. The van der Waals surface area contributed by atoms with Gasteiger partial charge in [0.15, 0.2) is 11.5 Å². The van der Waals surface area contributed by atoms with Gasteiger partial charge in [0.05, 0.1) is 26.8 Å². The molecule has 1 aliphatic rings. The van der Waals surface area contributed by atoms with Gasteiger partial charge in [0, 0.05) is 24.5 Å². The van der Waals surface area contributed by atoms with Gasteiger partial charge in [-0.2, -0.15) is 0 Å². The van der Waals surface area contributed by atoms with Crippen LogP contribution in [0.5, 0.6) is 11.5 Å². The maximum absolute atomic E-state index is 13.3. The summed E-state index contributed by atoms with van der Waals surface area (Å²) in [6.07, 6.45) is 0.898. The Labute approximate surface area is 165 Å². The normalized spacial score (nSPS) is 19.5. The highest BCUT2D eigenvalue weighted by Gasteiger charge is 2.36. The number of hydrogen-bond acceptors (Lipinski definition) is 3. The van der Waals surface area contributed by atoms with E-state index >= 15 is 0 Å². The predicted octanol–water partition coefficient (Wildman–Crippen LogP) is 2.05. The fourth-order valence-electron chi connectivity index (χ4n) is 4.20. The number of carbonyl (C=O) groups is 1. The predicted molar refractivity (Wildman–Crippen MR) is 105 cm³/mol. The molecule has 5 nitrogen and oxygen atoms in total. The minimum atomic E-state index is -0.234. The summed E-state index contributed by atoms with van der Waals surface area (Å²) < 4.78 is 24.3. The lowest BCUT2D eigenvalue weighted by atomic mass is 9.87. The molecule has 3 rings (SSSR count). The lowest BCUT2D eigenvalue weighted by Crippen LogP contribution is -3.13. The Hall–Kier alpha value is -2.60. The number of benzene rings is 2. The van der Waals surface area contributed by atoms with E-state index in [2.05, 4.69) is 5.32 Å². The monoisotopic (exact) mass is 387 g/mol. The van der Waals surface area contributed by atoms with E-state index in [0.717, 1.165) is 30.6 Å². The van der Waals surface area contributed by atoms with Crippen molar-refractivity contribution >= 4 is 5.91 Å². The van der Waals surface area contributed by atoms with Crippen LogP contribution in [0.25, 0.3) is 0 Å². The van der Waals surface area contributed by atoms with Gasteiger partial charge >= 0.3 is 0 Å². The third-order valence-electron chi connectivity index (χ3n) is 5.41. The van der Waals surface area contributed by atoms with Crippen molar-refractivity contribution in [1.29, 1.82) is 0 Å². The van der Waals surface area contributed by atoms with Gasteiger partial charge in [-0.1, -0.05) is 12.1 Å². The Kier molecular flexibility index (Phi) is 6.19. The summed E-state index contributed by atoms with van der Waals surface area (Å²) in [6, 6.07) is 10.7. The first-order chi connectivity index (χ1) is 13.4. The topological polar surface area (TPSA) is 52.0 Å². The standard InChI is InChI=1S/C22H27FN2O3/c1-14(24-15(2)26)22-19-12-21(28-4)20(27-3)11-17(19)9-10-25(22)13-16-5-7-18(23)8-6-16/h5-8,11-12,14,22H,9-10,13H2,1-4H3,(H,24,26)/p+1/t14-,22+/m0/s1. The van der Waals surface area contributed by atoms with Gasteiger partial charge in [-0.15, -0.1) is 0 Å². The summed E-state index contributed by atoms with van der Waals surface area (Å²) >= 11 is 0. The largest absolute Gasteiger partial charge is 0.493 e. The number of fused-ring (bicyclic) bond motifs is 1. The van der Waals surface area contributed by atoms with Crippen LogP contribution in [0, 0.1) is 5.82 Å². The number of quaternary nitrogens is 1. The molecule has 0 saturated carbocycles. The third kappa shape index (κ3) is 4.28. The smallest absolute Gasteiger partial charge is 0.217 e. The first kappa shape index (κ1) is 20.1. The molecule has 0 radical (unpaired) electrons. The molecule has 0 saturated heterocycles. The molecule has 0 spiro atoms. The summed E-state index contributed by atoms with van der Waals surface area (Å²) in [5.41, 5.74) is 3.44. The Morgan fingerprint density at radius 2 is 1.86 bits per heavy atom. The highest BCUT2D eigenvalue weighted by Crippen LogP contribution is 2.35. The molecule has 1 heterocycles. The van der Waals surface area contributed by atoms with Gasteiger partial charge in [0.2, 0.25) is 5.91 Å². The van der Waals surface area contributed by atoms with Gasteiger partial charge < -0.3 is 19.7 Å². The molecule has 0 aliphatic carbocycles. The first-order valence-corrected chi connectivity index (χ1v) is 9.53. The zero-order valence-electron chi connectivity index (χ0n) is 16.8. The fourth-order valence-corrected chi connectivity index (χ4v) is 4.20. The first-order valence-electron chi connectivity index (χ1n) is 9.53. The molecule has 1 aliphatic heterocycles. The van der Waals surface area contributed by atoms with Crippen molar-refractivity contribution in [2.24, 2.45) is 0 Å². The van der Waals surface area contributed by atoms with Crippen molar-refractivity contribution in [2.75, 3.05) is 20.8 Å². The Balaban J connectivity index is 1.99. The van der Waals surface area contributed by atoms with Gasteiger partial charge in [-0.25, -0.2) is 4.39 Å². The Morgan fingerprint density at radius 3 is 2.46 bits per heavy atom. The summed E-state index contributed by atoms with van der Waals surface area (Å²) in [7, 11) is 3.26. The number of amides is 1. The second kappa shape index (κ2) is 8.61. The third-order valence-corrected chi connectivity index (χ3v) is 5.41. The van der Waals surface area contributed by atoms with Crippen molar-refractivity contribution in [3.05, 3.63) is 58.9 Å². The zero-order valence-corrected chi connectivity index (χ0v) is 16.8. The minimum absolute atomic E-state index is 0.0532. The average Bonchev–Trinajstić information content (AvgIpc) is 2.67. The number of halogens is 1. The summed E-state index contributed by atoms with van der Waals surface area (Å²) in [4.78, 5) is 13.1.